The molecule has 1 aromatic heterocycles. The van der Waals surface area contributed by atoms with E-state index in [9.17, 15) is 4.79 Å². The predicted octanol–water partition coefficient (Wildman–Crippen LogP) is 3.13. The highest BCUT2D eigenvalue weighted by atomic mass is 16.5. The fraction of sp³-hybridized carbons (Fsp3) is 0.417. The van der Waals surface area contributed by atoms with Gasteiger partial charge in [0, 0.05) is 0 Å². The van der Waals surface area contributed by atoms with E-state index in [0.717, 1.165) is 5.57 Å². The SMILES string of the molecule is COC(=O)c1ccc(C(C)=CC(C)C)o1. The number of furan rings is 1. The van der Waals surface area contributed by atoms with Crippen LogP contribution in [0.25, 0.3) is 5.57 Å². The Morgan fingerprint density at radius 3 is 2.53 bits per heavy atom. The van der Waals surface area contributed by atoms with Crippen molar-refractivity contribution in [1.29, 1.82) is 0 Å². The Morgan fingerprint density at radius 1 is 1.40 bits per heavy atom. The molecule has 0 atom stereocenters. The van der Waals surface area contributed by atoms with Crippen molar-refractivity contribution >= 4 is 11.5 Å². The highest BCUT2D eigenvalue weighted by molar-refractivity contribution is 5.86. The largest absolute Gasteiger partial charge is 0.463 e. The Hall–Kier alpha value is -1.51. The zero-order valence-corrected chi connectivity index (χ0v) is 9.53. The van der Waals surface area contributed by atoms with Crippen LogP contribution in [0.15, 0.2) is 22.6 Å². The number of allylic oxidation sites excluding steroid dienone is 2. The highest BCUT2D eigenvalue weighted by Gasteiger charge is 2.11. The first-order valence-electron chi connectivity index (χ1n) is 4.91. The van der Waals surface area contributed by atoms with E-state index in [1.165, 1.54) is 7.11 Å². The van der Waals surface area contributed by atoms with E-state index < -0.39 is 5.97 Å². The van der Waals surface area contributed by atoms with Crippen molar-refractivity contribution in [2.24, 2.45) is 5.92 Å². The van der Waals surface area contributed by atoms with Gasteiger partial charge in [-0.2, -0.15) is 0 Å². The molecule has 0 aromatic carbocycles. The van der Waals surface area contributed by atoms with Crippen LogP contribution in [0.2, 0.25) is 0 Å². The summed E-state index contributed by atoms with van der Waals surface area (Å²) in [5.41, 5.74) is 1.03. The standard InChI is InChI=1S/C12H16O3/c1-8(2)7-9(3)10-5-6-11(15-10)12(13)14-4/h5-8H,1-4H3. The normalized spacial score (nSPS) is 11.9. The molecule has 0 aliphatic rings. The fourth-order valence-corrected chi connectivity index (χ4v) is 1.34. The lowest BCUT2D eigenvalue weighted by atomic mass is 10.1. The topological polar surface area (TPSA) is 39.4 Å². The monoisotopic (exact) mass is 208 g/mol. The van der Waals surface area contributed by atoms with Gasteiger partial charge in [-0.1, -0.05) is 19.9 Å². The van der Waals surface area contributed by atoms with Crippen molar-refractivity contribution < 1.29 is 13.9 Å². The summed E-state index contributed by atoms with van der Waals surface area (Å²) in [5, 5.41) is 0. The first-order valence-corrected chi connectivity index (χ1v) is 4.91. The number of hydrogen-bond donors (Lipinski definition) is 0. The Labute approximate surface area is 89.7 Å². The quantitative estimate of drug-likeness (QED) is 0.716. The van der Waals surface area contributed by atoms with E-state index in [-0.39, 0.29) is 5.76 Å². The molecule has 3 heteroatoms. The summed E-state index contributed by atoms with van der Waals surface area (Å²) in [6.45, 7) is 6.14. The summed E-state index contributed by atoms with van der Waals surface area (Å²) >= 11 is 0. The van der Waals surface area contributed by atoms with Gasteiger partial charge in [-0.05, 0) is 30.5 Å². The van der Waals surface area contributed by atoms with Crippen molar-refractivity contribution in [3.8, 4) is 0 Å². The minimum Gasteiger partial charge on any atom is -0.463 e. The summed E-state index contributed by atoms with van der Waals surface area (Å²) in [7, 11) is 1.33. The lowest BCUT2D eigenvalue weighted by Gasteiger charge is -1.99. The molecule has 1 heterocycles. The third kappa shape index (κ3) is 2.98. The van der Waals surface area contributed by atoms with E-state index in [2.05, 4.69) is 24.7 Å². The van der Waals surface area contributed by atoms with Crippen LogP contribution in [0.4, 0.5) is 0 Å². The molecule has 0 radical (unpaired) electrons. The molecule has 15 heavy (non-hydrogen) atoms. The van der Waals surface area contributed by atoms with Crippen molar-refractivity contribution in [1.82, 2.24) is 0 Å². The first kappa shape index (κ1) is 11.6. The third-order valence-corrected chi connectivity index (χ3v) is 1.96. The van der Waals surface area contributed by atoms with E-state index in [4.69, 9.17) is 4.42 Å². The smallest absolute Gasteiger partial charge is 0.373 e. The maximum Gasteiger partial charge on any atom is 0.373 e. The van der Waals surface area contributed by atoms with Crippen molar-refractivity contribution in [2.45, 2.75) is 20.8 Å². The Balaban J connectivity index is 2.89. The van der Waals surface area contributed by atoms with Crippen molar-refractivity contribution in [3.63, 3.8) is 0 Å². The van der Waals surface area contributed by atoms with Gasteiger partial charge in [-0.15, -0.1) is 0 Å². The van der Waals surface area contributed by atoms with Crippen LogP contribution >= 0.6 is 0 Å². The molecule has 1 rings (SSSR count). The summed E-state index contributed by atoms with van der Waals surface area (Å²) in [6.07, 6.45) is 2.08. The van der Waals surface area contributed by atoms with Gasteiger partial charge in [0.25, 0.3) is 0 Å². The van der Waals surface area contributed by atoms with E-state index in [1.807, 2.05) is 6.92 Å². The van der Waals surface area contributed by atoms with Crippen molar-refractivity contribution in [3.05, 3.63) is 29.7 Å². The summed E-state index contributed by atoms with van der Waals surface area (Å²) in [5.74, 6) is 0.961. The lowest BCUT2D eigenvalue weighted by molar-refractivity contribution is 0.0564. The number of rotatable bonds is 3. The average Bonchev–Trinajstić information content (AvgIpc) is 2.64. The second kappa shape index (κ2) is 4.82. The number of ether oxygens (including phenoxy) is 1. The van der Waals surface area contributed by atoms with Crippen LogP contribution in [0, 0.1) is 5.92 Å². The number of methoxy groups -OCH3 is 1. The molecule has 1 aromatic rings. The molecule has 0 bridgehead atoms. The molecule has 0 saturated carbocycles. The minimum atomic E-state index is -0.446. The maximum atomic E-state index is 11.1. The highest BCUT2D eigenvalue weighted by Crippen LogP contribution is 2.19. The van der Waals surface area contributed by atoms with Crippen LogP contribution in [0.5, 0.6) is 0 Å². The molecule has 0 N–H and O–H groups in total. The first-order chi connectivity index (χ1) is 7.04. The van der Waals surface area contributed by atoms with Gasteiger partial charge >= 0.3 is 5.97 Å². The van der Waals surface area contributed by atoms with E-state index >= 15 is 0 Å². The summed E-state index contributed by atoms with van der Waals surface area (Å²) in [4.78, 5) is 11.1. The molecule has 0 unspecified atom stereocenters. The molecule has 0 aliphatic carbocycles. The van der Waals surface area contributed by atoms with E-state index in [0.29, 0.717) is 11.7 Å². The summed E-state index contributed by atoms with van der Waals surface area (Å²) in [6, 6.07) is 3.40. The zero-order chi connectivity index (χ0) is 11.4. The van der Waals surface area contributed by atoms with Gasteiger partial charge in [0.05, 0.1) is 7.11 Å². The van der Waals surface area contributed by atoms with Gasteiger partial charge in [-0.3, -0.25) is 0 Å². The Bertz CT molecular complexity index is 372. The summed E-state index contributed by atoms with van der Waals surface area (Å²) < 4.78 is 9.91. The molecule has 0 saturated heterocycles. The lowest BCUT2D eigenvalue weighted by Crippen LogP contribution is -1.98. The predicted molar refractivity (Wildman–Crippen MR) is 58.5 cm³/mol. The molecular formula is C12H16O3. The third-order valence-electron chi connectivity index (χ3n) is 1.96. The minimum absolute atomic E-state index is 0.240. The Morgan fingerprint density at radius 2 is 2.00 bits per heavy atom. The molecule has 0 amide bonds. The van der Waals surface area contributed by atoms with Crippen LogP contribution in [-0.4, -0.2) is 13.1 Å². The zero-order valence-electron chi connectivity index (χ0n) is 9.53. The number of carbonyl (C=O) groups excluding carboxylic acids is 1. The maximum absolute atomic E-state index is 11.1. The Kier molecular flexibility index (Phi) is 3.72. The molecule has 0 aliphatic heterocycles. The molecule has 0 fully saturated rings. The number of hydrogen-bond acceptors (Lipinski definition) is 3. The second-order valence-corrected chi connectivity index (χ2v) is 3.75. The number of esters is 1. The van der Waals surface area contributed by atoms with Crippen LogP contribution < -0.4 is 0 Å². The molecule has 0 spiro atoms. The second-order valence-electron chi connectivity index (χ2n) is 3.75. The van der Waals surface area contributed by atoms with Crippen LogP contribution in [0.1, 0.15) is 37.1 Å². The molecular weight excluding hydrogens is 192 g/mol. The van der Waals surface area contributed by atoms with Gasteiger partial charge in [0.15, 0.2) is 0 Å². The van der Waals surface area contributed by atoms with Gasteiger partial charge in [0.2, 0.25) is 5.76 Å². The molecule has 82 valence electrons. The van der Waals surface area contributed by atoms with Crippen LogP contribution in [0.3, 0.4) is 0 Å². The van der Waals surface area contributed by atoms with Crippen LogP contribution in [-0.2, 0) is 4.74 Å². The molecule has 3 nitrogen and oxygen atoms in total. The number of carbonyl (C=O) groups is 1. The van der Waals surface area contributed by atoms with Crippen molar-refractivity contribution in [2.75, 3.05) is 7.11 Å². The van der Waals surface area contributed by atoms with Gasteiger partial charge < -0.3 is 9.15 Å². The average molecular weight is 208 g/mol. The fourth-order valence-electron chi connectivity index (χ4n) is 1.34. The van der Waals surface area contributed by atoms with Gasteiger partial charge in [0.1, 0.15) is 5.76 Å². The van der Waals surface area contributed by atoms with E-state index in [1.54, 1.807) is 12.1 Å². The van der Waals surface area contributed by atoms with Gasteiger partial charge in [-0.25, -0.2) is 4.79 Å².